The molecule has 0 saturated carbocycles. The lowest BCUT2D eigenvalue weighted by molar-refractivity contribution is 0.302. The van der Waals surface area contributed by atoms with E-state index in [2.05, 4.69) is 72.1 Å². The van der Waals surface area contributed by atoms with Gasteiger partial charge in [0.2, 0.25) is 0 Å². The van der Waals surface area contributed by atoms with E-state index >= 15 is 0 Å². The Morgan fingerprint density at radius 2 is 2.04 bits per heavy atom. The van der Waals surface area contributed by atoms with Crippen LogP contribution in [0.5, 0.6) is 0 Å². The Bertz CT molecular complexity index is 786. The summed E-state index contributed by atoms with van der Waals surface area (Å²) in [6.07, 6.45) is 2.10. The highest BCUT2D eigenvalue weighted by Gasteiger charge is 2.09. The van der Waals surface area contributed by atoms with Gasteiger partial charge in [0.25, 0.3) is 0 Å². The maximum Gasteiger partial charge on any atom is 0.194 e. The minimum atomic E-state index is 0.864. The molecule has 0 fully saturated rings. The van der Waals surface area contributed by atoms with E-state index in [1.54, 1.807) is 11.3 Å². The monoisotopic (exact) mass is 342 g/mol. The topological polar surface area (TPSA) is 33.1 Å². The highest BCUT2D eigenvalue weighted by atomic mass is 32.1. The summed E-state index contributed by atoms with van der Waals surface area (Å²) < 4.78 is 3.45. The van der Waals surface area contributed by atoms with Gasteiger partial charge >= 0.3 is 0 Å². The Labute approximate surface area is 148 Å². The number of hydrogen-bond donors (Lipinski definition) is 1. The lowest BCUT2D eigenvalue weighted by Gasteiger charge is -2.18. The molecule has 24 heavy (non-hydrogen) atoms. The van der Waals surface area contributed by atoms with Crippen molar-refractivity contribution < 1.29 is 0 Å². The minimum absolute atomic E-state index is 0.864. The summed E-state index contributed by atoms with van der Waals surface area (Å²) in [5.41, 5.74) is 3.61. The second kappa shape index (κ2) is 7.92. The predicted molar refractivity (Wildman–Crippen MR) is 103 cm³/mol. The Kier molecular flexibility index (Phi) is 5.66. The average molecular weight is 343 g/mol. The zero-order valence-electron chi connectivity index (χ0n) is 14.7. The van der Waals surface area contributed by atoms with Crippen LogP contribution in [0.2, 0.25) is 0 Å². The van der Waals surface area contributed by atoms with Crippen molar-refractivity contribution in [2.24, 2.45) is 0 Å². The molecule has 2 aromatic heterocycles. The van der Waals surface area contributed by atoms with Gasteiger partial charge in [-0.2, -0.15) is 0 Å². The molecular formula is C19H26N4S. The Balaban J connectivity index is 1.68. The van der Waals surface area contributed by atoms with Crippen molar-refractivity contribution in [2.75, 3.05) is 26.2 Å². The lowest BCUT2D eigenvalue weighted by Crippen LogP contribution is -2.31. The molecule has 5 heteroatoms. The van der Waals surface area contributed by atoms with E-state index < -0.39 is 0 Å². The summed E-state index contributed by atoms with van der Waals surface area (Å²) in [5, 5.41) is 4.60. The quantitative estimate of drug-likeness (QED) is 0.632. The highest BCUT2D eigenvalue weighted by molar-refractivity contribution is 7.20. The fourth-order valence-corrected chi connectivity index (χ4v) is 3.94. The first kappa shape index (κ1) is 17.1. The molecule has 3 aromatic rings. The van der Waals surface area contributed by atoms with Crippen LogP contribution in [0.25, 0.3) is 15.3 Å². The number of aryl methyl sites for hydroxylation is 1. The first-order chi connectivity index (χ1) is 11.7. The third-order valence-electron chi connectivity index (χ3n) is 4.38. The summed E-state index contributed by atoms with van der Waals surface area (Å²) in [4.78, 5) is 7.22. The number of benzene rings is 1. The van der Waals surface area contributed by atoms with Crippen LogP contribution in [0.3, 0.4) is 0 Å². The van der Waals surface area contributed by atoms with Gasteiger partial charge in [0.05, 0.1) is 10.2 Å². The van der Waals surface area contributed by atoms with Gasteiger partial charge in [0.15, 0.2) is 5.13 Å². The van der Waals surface area contributed by atoms with Gasteiger partial charge < -0.3 is 10.2 Å². The molecule has 0 bridgehead atoms. The maximum atomic E-state index is 4.79. The average Bonchev–Trinajstić information content (AvgIpc) is 3.20. The molecule has 0 aliphatic rings. The summed E-state index contributed by atoms with van der Waals surface area (Å²) in [6.45, 7) is 11.7. The first-order valence-corrected chi connectivity index (χ1v) is 9.49. The molecule has 3 rings (SSSR count). The van der Waals surface area contributed by atoms with E-state index in [0.29, 0.717) is 0 Å². The van der Waals surface area contributed by atoms with Crippen molar-refractivity contribution in [2.45, 2.75) is 27.3 Å². The van der Waals surface area contributed by atoms with E-state index in [4.69, 9.17) is 4.98 Å². The van der Waals surface area contributed by atoms with E-state index in [1.807, 2.05) is 0 Å². The second-order valence-corrected chi connectivity index (χ2v) is 7.05. The van der Waals surface area contributed by atoms with Gasteiger partial charge in [-0.1, -0.05) is 31.3 Å². The van der Waals surface area contributed by atoms with Crippen molar-refractivity contribution in [1.82, 2.24) is 19.8 Å². The number of thiazole rings is 1. The summed E-state index contributed by atoms with van der Waals surface area (Å²) >= 11 is 1.75. The molecule has 0 atom stereocenters. The van der Waals surface area contributed by atoms with E-state index in [-0.39, 0.29) is 0 Å². The number of fused-ring (bicyclic) bond motifs is 1. The highest BCUT2D eigenvalue weighted by Crippen LogP contribution is 2.26. The van der Waals surface area contributed by atoms with Gasteiger partial charge in [-0.3, -0.25) is 4.57 Å². The van der Waals surface area contributed by atoms with Crippen LogP contribution in [0.4, 0.5) is 0 Å². The zero-order chi connectivity index (χ0) is 16.9. The molecule has 2 heterocycles. The fraction of sp³-hybridized carbons (Fsp3) is 0.421. The van der Waals surface area contributed by atoms with Crippen molar-refractivity contribution in [1.29, 1.82) is 0 Å². The third kappa shape index (κ3) is 3.86. The number of rotatable bonds is 8. The third-order valence-corrected chi connectivity index (χ3v) is 5.39. The van der Waals surface area contributed by atoms with Crippen LogP contribution in [-0.2, 0) is 6.54 Å². The number of nitrogens with zero attached hydrogens (tertiary/aromatic N) is 3. The molecular weight excluding hydrogens is 316 g/mol. The number of aromatic nitrogens is 2. The Hall–Kier alpha value is -1.69. The van der Waals surface area contributed by atoms with Crippen LogP contribution < -0.4 is 5.32 Å². The smallest absolute Gasteiger partial charge is 0.194 e. The van der Waals surface area contributed by atoms with Crippen molar-refractivity contribution in [3.05, 3.63) is 47.8 Å². The largest absolute Gasteiger partial charge is 0.310 e. The fourth-order valence-electron chi connectivity index (χ4n) is 2.86. The first-order valence-electron chi connectivity index (χ1n) is 8.68. The van der Waals surface area contributed by atoms with E-state index in [0.717, 1.165) is 43.4 Å². The van der Waals surface area contributed by atoms with Gasteiger partial charge in [0.1, 0.15) is 0 Å². The molecule has 0 radical (unpaired) electrons. The Morgan fingerprint density at radius 3 is 2.83 bits per heavy atom. The van der Waals surface area contributed by atoms with Crippen LogP contribution >= 0.6 is 11.3 Å². The summed E-state index contributed by atoms with van der Waals surface area (Å²) in [7, 11) is 0. The van der Waals surface area contributed by atoms with Crippen molar-refractivity contribution >= 4 is 21.6 Å². The number of nitrogens with one attached hydrogen (secondary N) is 1. The number of likely N-dealkylation sites (N-methyl/N-ethyl adjacent to an activating group) is 1. The molecule has 0 spiro atoms. The molecule has 0 amide bonds. The van der Waals surface area contributed by atoms with Crippen LogP contribution in [-0.4, -0.2) is 40.6 Å². The molecule has 0 saturated heterocycles. The lowest BCUT2D eigenvalue weighted by atomic mass is 10.2. The molecule has 0 aliphatic heterocycles. The molecule has 4 nitrogen and oxygen atoms in total. The second-order valence-electron chi connectivity index (χ2n) is 6.04. The van der Waals surface area contributed by atoms with Gasteiger partial charge in [-0.25, -0.2) is 4.98 Å². The molecule has 128 valence electrons. The van der Waals surface area contributed by atoms with Gasteiger partial charge in [0, 0.05) is 31.5 Å². The minimum Gasteiger partial charge on any atom is -0.310 e. The van der Waals surface area contributed by atoms with Crippen LogP contribution in [0, 0.1) is 6.92 Å². The Morgan fingerprint density at radius 1 is 1.21 bits per heavy atom. The molecule has 0 aliphatic carbocycles. The SMILES string of the molecule is CCN(CC)CCNCc1cccn1-c1nc2ccc(C)cc2s1. The normalized spacial score (nSPS) is 11.7. The molecule has 1 N–H and O–H groups in total. The maximum absolute atomic E-state index is 4.79. The van der Waals surface area contributed by atoms with Crippen LogP contribution in [0.15, 0.2) is 36.5 Å². The number of hydrogen-bond acceptors (Lipinski definition) is 4. The molecule has 1 aromatic carbocycles. The zero-order valence-corrected chi connectivity index (χ0v) is 15.6. The summed E-state index contributed by atoms with van der Waals surface area (Å²) in [6, 6.07) is 10.7. The standard InChI is InChI=1S/C19H26N4S/c1-4-22(5-2)12-10-20-14-16-7-6-11-23(16)19-21-17-9-8-15(3)13-18(17)24-19/h6-9,11,13,20H,4-5,10,12,14H2,1-3H3. The van der Waals surface area contributed by atoms with Crippen LogP contribution in [0.1, 0.15) is 25.1 Å². The van der Waals surface area contributed by atoms with Crippen molar-refractivity contribution in [3.63, 3.8) is 0 Å². The van der Waals surface area contributed by atoms with E-state index in [9.17, 15) is 0 Å². The predicted octanol–water partition coefficient (Wildman–Crippen LogP) is 3.83. The van der Waals surface area contributed by atoms with Gasteiger partial charge in [-0.15, -0.1) is 0 Å². The molecule has 0 unspecified atom stereocenters. The summed E-state index contributed by atoms with van der Waals surface area (Å²) in [5.74, 6) is 0. The van der Waals surface area contributed by atoms with Gasteiger partial charge in [-0.05, 0) is 49.8 Å². The van der Waals surface area contributed by atoms with Crippen molar-refractivity contribution in [3.8, 4) is 5.13 Å². The van der Waals surface area contributed by atoms with E-state index in [1.165, 1.54) is 16.0 Å².